The summed E-state index contributed by atoms with van der Waals surface area (Å²) in [5.74, 6) is -8.66. The number of hydrogen-bond acceptors (Lipinski definition) is 4. The van der Waals surface area contributed by atoms with E-state index in [2.05, 4.69) is 0 Å². The fourth-order valence-corrected chi connectivity index (χ4v) is 3.67. The molecule has 2 aromatic rings. The third kappa shape index (κ3) is 4.14. The van der Waals surface area contributed by atoms with E-state index >= 15 is 0 Å². The highest BCUT2D eigenvalue weighted by atomic mass is 32.2. The fourth-order valence-electron chi connectivity index (χ4n) is 2.52. The molecule has 0 atom stereocenters. The van der Waals surface area contributed by atoms with E-state index in [9.17, 15) is 22.0 Å². The zero-order chi connectivity index (χ0) is 19.7. The van der Waals surface area contributed by atoms with Gasteiger partial charge in [0.15, 0.2) is 23.3 Å². The molecule has 27 heavy (non-hydrogen) atoms. The van der Waals surface area contributed by atoms with E-state index < -0.39 is 34.0 Å². The van der Waals surface area contributed by atoms with Crippen LogP contribution in [0.25, 0.3) is 0 Å². The van der Waals surface area contributed by atoms with Gasteiger partial charge in [-0.2, -0.15) is 0 Å². The summed E-state index contributed by atoms with van der Waals surface area (Å²) < 4.78 is 80.2. The fraction of sp³-hybridized carbons (Fsp3) is 0.333. The summed E-state index contributed by atoms with van der Waals surface area (Å²) in [5.41, 5.74) is 0.717. The maximum absolute atomic E-state index is 14.0. The highest BCUT2D eigenvalue weighted by Gasteiger charge is 2.34. The van der Waals surface area contributed by atoms with Crippen LogP contribution in [-0.4, -0.2) is 24.6 Å². The Morgan fingerprint density at radius 1 is 0.852 bits per heavy atom. The molecule has 0 radical (unpaired) electrons. The molecule has 0 amide bonds. The molecule has 0 saturated heterocycles. The standard InChI is InChI=1S/C18H16F5NO2S/c1-25-11-5-9(6-12(7-11)26-2)8-24(10-3-4-10)27-18-16(22)14(20)13(19)15(21)17(18)23/h5-7,10H,3-4,8H2,1-2H3. The van der Waals surface area contributed by atoms with Gasteiger partial charge in [0.25, 0.3) is 0 Å². The first kappa shape index (κ1) is 19.8. The highest BCUT2D eigenvalue weighted by Crippen LogP contribution is 2.41. The summed E-state index contributed by atoms with van der Waals surface area (Å²) in [4.78, 5) is -0.909. The number of halogens is 5. The summed E-state index contributed by atoms with van der Waals surface area (Å²) in [6, 6.07) is 5.08. The van der Waals surface area contributed by atoms with Crippen LogP contribution in [-0.2, 0) is 6.54 Å². The van der Waals surface area contributed by atoms with Crippen LogP contribution in [0.15, 0.2) is 23.1 Å². The van der Waals surface area contributed by atoms with Crippen molar-refractivity contribution in [2.24, 2.45) is 0 Å². The van der Waals surface area contributed by atoms with Crippen molar-refractivity contribution in [1.82, 2.24) is 4.31 Å². The number of nitrogens with zero attached hydrogens (tertiary/aromatic N) is 1. The minimum atomic E-state index is -2.16. The largest absolute Gasteiger partial charge is 0.497 e. The van der Waals surface area contributed by atoms with Crippen LogP contribution in [0.5, 0.6) is 11.5 Å². The number of ether oxygens (including phenoxy) is 2. The molecule has 1 fully saturated rings. The summed E-state index contributed by atoms with van der Waals surface area (Å²) in [6.07, 6.45) is 1.53. The number of rotatable bonds is 7. The predicted molar refractivity (Wildman–Crippen MR) is 90.2 cm³/mol. The van der Waals surface area contributed by atoms with Crippen LogP contribution in [0, 0.1) is 29.1 Å². The molecule has 2 aromatic carbocycles. The smallest absolute Gasteiger partial charge is 0.200 e. The monoisotopic (exact) mass is 405 g/mol. The molecule has 1 saturated carbocycles. The maximum Gasteiger partial charge on any atom is 0.200 e. The van der Waals surface area contributed by atoms with Crippen molar-refractivity contribution in [1.29, 1.82) is 0 Å². The van der Waals surface area contributed by atoms with Gasteiger partial charge in [-0.05, 0) is 42.5 Å². The second-order valence-corrected chi connectivity index (χ2v) is 7.08. The lowest BCUT2D eigenvalue weighted by molar-refractivity contribution is 0.358. The van der Waals surface area contributed by atoms with E-state index in [0.29, 0.717) is 23.4 Å². The van der Waals surface area contributed by atoms with E-state index in [1.54, 1.807) is 22.5 Å². The van der Waals surface area contributed by atoms with Crippen molar-refractivity contribution in [2.45, 2.75) is 30.3 Å². The minimum Gasteiger partial charge on any atom is -0.497 e. The van der Waals surface area contributed by atoms with Crippen molar-refractivity contribution >= 4 is 11.9 Å². The maximum atomic E-state index is 14.0. The summed E-state index contributed by atoms with van der Waals surface area (Å²) in [6.45, 7) is 0.211. The van der Waals surface area contributed by atoms with E-state index in [1.165, 1.54) is 14.2 Å². The van der Waals surface area contributed by atoms with Crippen LogP contribution in [0.4, 0.5) is 22.0 Å². The van der Waals surface area contributed by atoms with Crippen LogP contribution in [0.2, 0.25) is 0 Å². The number of methoxy groups -OCH3 is 2. The van der Waals surface area contributed by atoms with Crippen molar-refractivity contribution in [3.05, 3.63) is 52.8 Å². The van der Waals surface area contributed by atoms with Gasteiger partial charge >= 0.3 is 0 Å². The van der Waals surface area contributed by atoms with Gasteiger partial charge in [0, 0.05) is 18.7 Å². The van der Waals surface area contributed by atoms with Gasteiger partial charge in [-0.15, -0.1) is 0 Å². The van der Waals surface area contributed by atoms with E-state index in [0.717, 1.165) is 18.4 Å². The van der Waals surface area contributed by atoms with Crippen LogP contribution < -0.4 is 9.47 Å². The van der Waals surface area contributed by atoms with E-state index in [4.69, 9.17) is 9.47 Å². The summed E-state index contributed by atoms with van der Waals surface area (Å²) >= 11 is 0.526. The molecule has 3 nitrogen and oxygen atoms in total. The van der Waals surface area contributed by atoms with Gasteiger partial charge in [-0.25, -0.2) is 26.3 Å². The molecule has 3 rings (SSSR count). The first-order valence-corrected chi connectivity index (χ1v) is 8.81. The summed E-state index contributed by atoms with van der Waals surface area (Å²) in [5, 5.41) is 0. The summed E-state index contributed by atoms with van der Waals surface area (Å²) in [7, 11) is 2.97. The molecular weight excluding hydrogens is 389 g/mol. The Kier molecular flexibility index (Phi) is 5.81. The molecule has 9 heteroatoms. The second-order valence-electron chi connectivity index (χ2n) is 6.02. The Morgan fingerprint density at radius 3 is 1.78 bits per heavy atom. The van der Waals surface area contributed by atoms with Gasteiger partial charge < -0.3 is 9.47 Å². The molecule has 0 N–H and O–H groups in total. The normalized spacial score (nSPS) is 13.9. The van der Waals surface area contributed by atoms with Crippen molar-refractivity contribution in [3.8, 4) is 11.5 Å². The average molecular weight is 405 g/mol. The molecule has 1 aliphatic carbocycles. The van der Waals surface area contributed by atoms with E-state index in [-0.39, 0.29) is 12.6 Å². The van der Waals surface area contributed by atoms with Crippen molar-refractivity contribution in [2.75, 3.05) is 14.2 Å². The van der Waals surface area contributed by atoms with Crippen molar-refractivity contribution < 1.29 is 31.4 Å². The Hall–Kier alpha value is -2.00. The van der Waals surface area contributed by atoms with Crippen LogP contribution >= 0.6 is 11.9 Å². The van der Waals surface area contributed by atoms with E-state index in [1.807, 2.05) is 0 Å². The molecule has 0 unspecified atom stereocenters. The lowest BCUT2D eigenvalue weighted by atomic mass is 10.2. The Bertz CT molecular complexity index is 809. The Morgan fingerprint density at radius 2 is 1.33 bits per heavy atom. The number of benzene rings is 2. The third-order valence-electron chi connectivity index (χ3n) is 4.08. The Labute approximate surface area is 157 Å². The quantitative estimate of drug-likeness (QED) is 0.277. The van der Waals surface area contributed by atoms with Crippen molar-refractivity contribution in [3.63, 3.8) is 0 Å². The second kappa shape index (κ2) is 7.93. The zero-order valence-corrected chi connectivity index (χ0v) is 15.3. The molecule has 146 valence electrons. The average Bonchev–Trinajstić information content (AvgIpc) is 3.52. The topological polar surface area (TPSA) is 21.7 Å². The Balaban J connectivity index is 1.91. The van der Waals surface area contributed by atoms with Crippen LogP contribution in [0.3, 0.4) is 0 Å². The molecule has 1 aliphatic rings. The first-order chi connectivity index (χ1) is 12.8. The first-order valence-electron chi connectivity index (χ1n) is 8.03. The zero-order valence-electron chi connectivity index (χ0n) is 14.5. The lowest BCUT2D eigenvalue weighted by Gasteiger charge is -2.22. The SMILES string of the molecule is COc1cc(CN(Sc2c(F)c(F)c(F)c(F)c2F)C2CC2)cc(OC)c1. The molecule has 0 bridgehead atoms. The van der Waals surface area contributed by atoms with Gasteiger partial charge in [0.2, 0.25) is 5.82 Å². The highest BCUT2D eigenvalue weighted by molar-refractivity contribution is 7.97. The molecule has 0 aromatic heterocycles. The van der Waals surface area contributed by atoms with Gasteiger partial charge in [-0.3, -0.25) is 0 Å². The van der Waals surface area contributed by atoms with Gasteiger partial charge in [-0.1, -0.05) is 0 Å². The predicted octanol–water partition coefficient (Wildman–Crippen LogP) is 5.07. The van der Waals surface area contributed by atoms with Gasteiger partial charge in [0.1, 0.15) is 16.4 Å². The molecular formula is C18H16F5NO2S. The minimum absolute atomic E-state index is 0.0258. The number of hydrogen-bond donors (Lipinski definition) is 0. The molecule has 0 aliphatic heterocycles. The lowest BCUT2D eigenvalue weighted by Crippen LogP contribution is -2.19. The molecule has 0 heterocycles. The third-order valence-corrected chi connectivity index (χ3v) is 5.28. The molecule has 0 spiro atoms. The van der Waals surface area contributed by atoms with Crippen LogP contribution in [0.1, 0.15) is 18.4 Å². The van der Waals surface area contributed by atoms with Gasteiger partial charge in [0.05, 0.1) is 14.2 Å².